The van der Waals surface area contributed by atoms with Crippen LogP contribution >= 0.6 is 0 Å². The minimum Gasteiger partial charge on any atom is -0.481 e. The number of piperidine rings is 1. The molecular formula is C17H21N5O3. The Labute approximate surface area is 145 Å². The number of hydrogen-bond donors (Lipinski definition) is 1. The largest absolute Gasteiger partial charge is 0.481 e. The maximum Gasteiger partial charge on any atom is 0.253 e. The summed E-state index contributed by atoms with van der Waals surface area (Å²) in [6.07, 6.45) is 4.14. The van der Waals surface area contributed by atoms with Gasteiger partial charge in [-0.05, 0) is 18.6 Å². The van der Waals surface area contributed by atoms with Gasteiger partial charge >= 0.3 is 0 Å². The fourth-order valence-corrected chi connectivity index (χ4v) is 3.16. The maximum absolute atomic E-state index is 12.6. The number of hydrogen-bond acceptors (Lipinski definition) is 5. The third kappa shape index (κ3) is 3.33. The molecule has 1 aliphatic heterocycles. The zero-order valence-electron chi connectivity index (χ0n) is 14.5. The van der Waals surface area contributed by atoms with Crippen LogP contribution in [0.1, 0.15) is 34.9 Å². The van der Waals surface area contributed by atoms with Gasteiger partial charge in [0.25, 0.3) is 5.91 Å². The van der Waals surface area contributed by atoms with Gasteiger partial charge in [0.2, 0.25) is 11.8 Å². The third-order valence-electron chi connectivity index (χ3n) is 4.55. The Kier molecular flexibility index (Phi) is 4.69. The molecular weight excluding hydrogens is 322 g/mol. The van der Waals surface area contributed by atoms with Crippen LogP contribution < -0.4 is 10.1 Å². The van der Waals surface area contributed by atoms with Gasteiger partial charge in [-0.15, -0.1) is 0 Å². The van der Waals surface area contributed by atoms with Crippen molar-refractivity contribution in [3.05, 3.63) is 41.9 Å². The molecule has 0 spiro atoms. The summed E-state index contributed by atoms with van der Waals surface area (Å²) in [6, 6.07) is 4.71. The minimum atomic E-state index is -0.260. The molecule has 8 heteroatoms. The van der Waals surface area contributed by atoms with Crippen LogP contribution in [0.25, 0.3) is 0 Å². The van der Waals surface area contributed by atoms with Gasteiger partial charge in [0.05, 0.1) is 30.5 Å². The Morgan fingerprint density at radius 2 is 2.12 bits per heavy atom. The number of pyridine rings is 1. The number of methoxy groups -OCH3 is 1. The molecule has 8 nitrogen and oxygen atoms in total. The molecule has 0 bridgehead atoms. The Hall–Kier alpha value is -2.90. The molecule has 0 radical (unpaired) electrons. The molecule has 1 N–H and O–H groups in total. The van der Waals surface area contributed by atoms with Gasteiger partial charge in [-0.25, -0.2) is 4.98 Å². The zero-order chi connectivity index (χ0) is 18.0. The van der Waals surface area contributed by atoms with Crippen molar-refractivity contribution in [2.75, 3.05) is 14.2 Å². The maximum atomic E-state index is 12.6. The van der Waals surface area contributed by atoms with Crippen LogP contribution in [0.4, 0.5) is 0 Å². The lowest BCUT2D eigenvalue weighted by atomic mass is 9.93. The number of nitrogens with one attached hydrogen (secondary N) is 1. The summed E-state index contributed by atoms with van der Waals surface area (Å²) in [4.78, 5) is 30.5. The second kappa shape index (κ2) is 6.92. The first-order valence-corrected chi connectivity index (χ1v) is 8.05. The number of aryl methyl sites for hydroxylation is 1. The van der Waals surface area contributed by atoms with E-state index in [4.69, 9.17) is 4.74 Å². The lowest BCUT2D eigenvalue weighted by Gasteiger charge is -2.39. The predicted molar refractivity (Wildman–Crippen MR) is 90.0 cm³/mol. The quantitative estimate of drug-likeness (QED) is 0.891. The molecule has 0 unspecified atom stereocenters. The lowest BCUT2D eigenvalue weighted by Crippen LogP contribution is -2.51. The van der Waals surface area contributed by atoms with E-state index in [1.165, 1.54) is 13.3 Å². The van der Waals surface area contributed by atoms with Gasteiger partial charge in [-0.3, -0.25) is 14.3 Å². The molecule has 1 saturated heterocycles. The van der Waals surface area contributed by atoms with Crippen LogP contribution in [0.2, 0.25) is 0 Å². The van der Waals surface area contributed by atoms with E-state index < -0.39 is 0 Å². The molecule has 2 aromatic heterocycles. The van der Waals surface area contributed by atoms with E-state index in [1.54, 1.807) is 35.0 Å². The van der Waals surface area contributed by atoms with Crippen LogP contribution in [-0.4, -0.2) is 51.7 Å². The monoisotopic (exact) mass is 343 g/mol. The van der Waals surface area contributed by atoms with E-state index in [0.29, 0.717) is 24.3 Å². The Bertz CT molecular complexity index is 771. The number of carbonyl (C=O) groups is 2. The molecule has 0 saturated carbocycles. The number of likely N-dealkylation sites (N-methyl/N-ethyl adjacent to an activating group) is 1. The summed E-state index contributed by atoms with van der Waals surface area (Å²) in [7, 11) is 5.11. The molecule has 2 amide bonds. The Morgan fingerprint density at radius 3 is 2.72 bits per heavy atom. The van der Waals surface area contributed by atoms with Crippen molar-refractivity contribution in [2.24, 2.45) is 7.05 Å². The first-order valence-electron chi connectivity index (χ1n) is 8.05. The average Bonchev–Trinajstić information content (AvgIpc) is 3.04. The molecule has 1 aliphatic rings. The highest BCUT2D eigenvalue weighted by Crippen LogP contribution is 2.30. The predicted octanol–water partition coefficient (Wildman–Crippen LogP) is 0.916. The number of amides is 2. The number of rotatable bonds is 4. The first-order chi connectivity index (χ1) is 12.0. The highest BCUT2D eigenvalue weighted by molar-refractivity contribution is 5.94. The molecule has 25 heavy (non-hydrogen) atoms. The Morgan fingerprint density at radius 1 is 1.32 bits per heavy atom. The van der Waals surface area contributed by atoms with E-state index in [9.17, 15) is 9.59 Å². The molecule has 1 fully saturated rings. The van der Waals surface area contributed by atoms with Crippen molar-refractivity contribution in [2.45, 2.75) is 24.9 Å². The van der Waals surface area contributed by atoms with Crippen molar-refractivity contribution in [1.82, 2.24) is 25.0 Å². The van der Waals surface area contributed by atoms with E-state index in [-0.39, 0.29) is 23.9 Å². The van der Waals surface area contributed by atoms with Crippen molar-refractivity contribution >= 4 is 11.8 Å². The summed E-state index contributed by atoms with van der Waals surface area (Å²) >= 11 is 0. The molecule has 0 aliphatic carbocycles. The summed E-state index contributed by atoms with van der Waals surface area (Å²) in [5.74, 6) is 0.283. The summed E-state index contributed by atoms with van der Waals surface area (Å²) in [6.45, 7) is 0. The van der Waals surface area contributed by atoms with E-state index in [2.05, 4.69) is 15.4 Å². The van der Waals surface area contributed by atoms with Crippen molar-refractivity contribution in [1.29, 1.82) is 0 Å². The zero-order valence-corrected chi connectivity index (χ0v) is 14.5. The van der Waals surface area contributed by atoms with Crippen LogP contribution in [0, 0.1) is 0 Å². The normalized spacial score (nSPS) is 20.4. The lowest BCUT2D eigenvalue weighted by molar-refractivity contribution is -0.136. The minimum absolute atomic E-state index is 0.0582. The number of aromatic nitrogens is 3. The number of nitrogens with zero attached hydrogens (tertiary/aromatic N) is 4. The van der Waals surface area contributed by atoms with Crippen molar-refractivity contribution in [3.63, 3.8) is 0 Å². The molecule has 0 aromatic carbocycles. The standard InChI is InChI=1S/C17H21N5O3/c1-21-15(23)7-5-12(16(21)13-8-9-19-22(13)2)20-17(24)11-4-6-14(25-3)18-10-11/h4,6,8-10,12,16H,5,7H2,1-3H3,(H,20,24)/t12-,16-/m1/s1. The molecule has 2 atom stereocenters. The number of carbonyl (C=O) groups excluding carboxylic acids is 2. The SMILES string of the molecule is COc1ccc(C(=O)N[C@@H]2CCC(=O)N(C)[C@H]2c2ccnn2C)cn1. The smallest absolute Gasteiger partial charge is 0.253 e. The van der Waals surface area contributed by atoms with Crippen LogP contribution in [0.3, 0.4) is 0 Å². The fraction of sp³-hybridized carbons (Fsp3) is 0.412. The molecule has 3 rings (SSSR count). The second-order valence-corrected chi connectivity index (χ2v) is 6.04. The van der Waals surface area contributed by atoms with Crippen LogP contribution in [-0.2, 0) is 11.8 Å². The number of ether oxygens (including phenoxy) is 1. The fourth-order valence-electron chi connectivity index (χ4n) is 3.16. The summed E-state index contributed by atoms with van der Waals surface area (Å²) in [5, 5.41) is 7.22. The van der Waals surface area contributed by atoms with Gasteiger partial charge < -0.3 is 15.0 Å². The highest BCUT2D eigenvalue weighted by Gasteiger charge is 2.37. The van der Waals surface area contributed by atoms with Gasteiger partial charge in [0, 0.05) is 39.0 Å². The highest BCUT2D eigenvalue weighted by atomic mass is 16.5. The third-order valence-corrected chi connectivity index (χ3v) is 4.55. The van der Waals surface area contributed by atoms with Gasteiger partial charge in [-0.1, -0.05) is 0 Å². The van der Waals surface area contributed by atoms with Gasteiger partial charge in [0.1, 0.15) is 0 Å². The topological polar surface area (TPSA) is 89.4 Å². The van der Waals surface area contributed by atoms with E-state index in [1.807, 2.05) is 13.1 Å². The van der Waals surface area contributed by atoms with Gasteiger partial charge in [0.15, 0.2) is 0 Å². The van der Waals surface area contributed by atoms with Crippen molar-refractivity contribution < 1.29 is 14.3 Å². The van der Waals surface area contributed by atoms with E-state index in [0.717, 1.165) is 5.69 Å². The molecule has 3 heterocycles. The summed E-state index contributed by atoms with van der Waals surface area (Å²) in [5.41, 5.74) is 1.33. The van der Waals surface area contributed by atoms with E-state index >= 15 is 0 Å². The Balaban J connectivity index is 1.82. The first kappa shape index (κ1) is 16.9. The van der Waals surface area contributed by atoms with Gasteiger partial charge in [-0.2, -0.15) is 5.10 Å². The number of likely N-dealkylation sites (tertiary alicyclic amines) is 1. The van der Waals surface area contributed by atoms with Crippen LogP contribution in [0.15, 0.2) is 30.6 Å². The summed E-state index contributed by atoms with van der Waals surface area (Å²) < 4.78 is 6.74. The average molecular weight is 343 g/mol. The molecule has 2 aromatic rings. The molecule has 132 valence electrons. The van der Waals surface area contributed by atoms with Crippen LogP contribution in [0.5, 0.6) is 5.88 Å². The van der Waals surface area contributed by atoms with Crippen molar-refractivity contribution in [3.8, 4) is 5.88 Å². The second-order valence-electron chi connectivity index (χ2n) is 6.04.